The van der Waals surface area contributed by atoms with E-state index in [0.29, 0.717) is 0 Å². The van der Waals surface area contributed by atoms with E-state index in [0.717, 1.165) is 51.7 Å². The van der Waals surface area contributed by atoms with Gasteiger partial charge in [-0.2, -0.15) is 0 Å². The number of rotatable bonds is 3. The first-order chi connectivity index (χ1) is 11.4. The van der Waals surface area contributed by atoms with Crippen molar-refractivity contribution >= 4 is 6.09 Å². The fourth-order valence-corrected chi connectivity index (χ4v) is 3.91. The van der Waals surface area contributed by atoms with Crippen molar-refractivity contribution in [3.63, 3.8) is 0 Å². The Morgan fingerprint density at radius 3 is 2.67 bits per heavy atom. The molecule has 3 rings (SSSR count). The lowest BCUT2D eigenvalue weighted by atomic mass is 9.84. The number of piperidine rings is 1. The van der Waals surface area contributed by atoms with E-state index in [-0.39, 0.29) is 24.5 Å². The minimum atomic E-state index is -0.439. The average Bonchev–Trinajstić information content (AvgIpc) is 2.51. The predicted octanol–water partition coefficient (Wildman–Crippen LogP) is 4.02. The van der Waals surface area contributed by atoms with Gasteiger partial charge in [0.2, 0.25) is 0 Å². The van der Waals surface area contributed by atoms with Gasteiger partial charge < -0.3 is 14.2 Å². The maximum atomic E-state index is 12.6. The molecule has 0 aromatic carbocycles. The Bertz CT molecular complexity index is 476. The first-order valence-corrected chi connectivity index (χ1v) is 9.36. The van der Waals surface area contributed by atoms with Crippen molar-refractivity contribution in [1.29, 1.82) is 0 Å². The Hall–Kier alpha value is -1.07. The summed E-state index contributed by atoms with van der Waals surface area (Å²) < 4.78 is 16.9. The molecule has 2 fully saturated rings. The topological polar surface area (TPSA) is 48.0 Å². The van der Waals surface area contributed by atoms with Gasteiger partial charge in [0.25, 0.3) is 0 Å². The number of amides is 1. The molecule has 0 radical (unpaired) electrons. The molecular weight excluding hydrogens is 306 g/mol. The summed E-state index contributed by atoms with van der Waals surface area (Å²) in [4.78, 5) is 14.6. The van der Waals surface area contributed by atoms with Crippen molar-refractivity contribution in [2.75, 3.05) is 13.2 Å². The molecule has 2 unspecified atom stereocenters. The van der Waals surface area contributed by atoms with Crippen molar-refractivity contribution in [2.45, 2.75) is 89.7 Å². The van der Waals surface area contributed by atoms with Crippen molar-refractivity contribution < 1.29 is 19.0 Å². The fourth-order valence-electron chi connectivity index (χ4n) is 3.91. The lowest BCUT2D eigenvalue weighted by molar-refractivity contribution is -0.180. The van der Waals surface area contributed by atoms with Crippen LogP contribution in [0, 0.1) is 0 Å². The van der Waals surface area contributed by atoms with E-state index in [2.05, 4.69) is 6.08 Å². The quantitative estimate of drug-likeness (QED) is 0.730. The number of fused-ring (bicyclic) bond motifs is 2. The van der Waals surface area contributed by atoms with E-state index >= 15 is 0 Å². The van der Waals surface area contributed by atoms with Crippen LogP contribution in [0.2, 0.25) is 0 Å². The highest BCUT2D eigenvalue weighted by molar-refractivity contribution is 5.70. The molecule has 24 heavy (non-hydrogen) atoms. The monoisotopic (exact) mass is 337 g/mol. The SMILES string of the molecule is CC(C)(C)OC(=O)N1C2C=C(CCC3OCCCO3)CC1CCC2. The zero-order valence-electron chi connectivity index (χ0n) is 15.3. The van der Waals surface area contributed by atoms with Crippen LogP contribution in [0.4, 0.5) is 4.79 Å². The lowest BCUT2D eigenvalue weighted by Crippen LogP contribution is -2.53. The molecule has 5 heteroatoms. The molecule has 3 heterocycles. The van der Waals surface area contributed by atoms with Crippen molar-refractivity contribution in [3.8, 4) is 0 Å². The van der Waals surface area contributed by atoms with Crippen LogP contribution in [0.1, 0.15) is 65.7 Å². The highest BCUT2D eigenvalue weighted by Crippen LogP contribution is 2.36. The Kier molecular flexibility index (Phi) is 5.50. The third kappa shape index (κ3) is 4.51. The van der Waals surface area contributed by atoms with Gasteiger partial charge in [0.15, 0.2) is 6.29 Å². The van der Waals surface area contributed by atoms with Crippen LogP contribution in [0.5, 0.6) is 0 Å². The first kappa shape index (κ1) is 17.7. The molecule has 0 saturated carbocycles. The summed E-state index contributed by atoms with van der Waals surface area (Å²) in [5.74, 6) is 0. The van der Waals surface area contributed by atoms with Gasteiger partial charge in [-0.05, 0) is 59.3 Å². The zero-order valence-corrected chi connectivity index (χ0v) is 15.3. The molecule has 0 aromatic rings. The van der Waals surface area contributed by atoms with E-state index in [1.54, 1.807) is 0 Å². The lowest BCUT2D eigenvalue weighted by Gasteiger charge is -2.45. The van der Waals surface area contributed by atoms with E-state index in [1.807, 2.05) is 25.7 Å². The summed E-state index contributed by atoms with van der Waals surface area (Å²) in [6.45, 7) is 7.39. The molecule has 0 aromatic heterocycles. The number of hydrogen-bond donors (Lipinski definition) is 0. The van der Waals surface area contributed by atoms with Crippen LogP contribution < -0.4 is 0 Å². The van der Waals surface area contributed by atoms with Crippen LogP contribution in [0.15, 0.2) is 11.6 Å². The third-order valence-electron chi connectivity index (χ3n) is 4.92. The first-order valence-electron chi connectivity index (χ1n) is 9.36. The number of carbonyl (C=O) groups excluding carboxylic acids is 1. The molecule has 2 bridgehead atoms. The maximum absolute atomic E-state index is 12.6. The molecular formula is C19H31NO4. The van der Waals surface area contributed by atoms with Crippen LogP contribution in [-0.4, -0.2) is 48.2 Å². The summed E-state index contributed by atoms with van der Waals surface area (Å²) in [5, 5.41) is 0. The van der Waals surface area contributed by atoms with Gasteiger partial charge >= 0.3 is 6.09 Å². The normalized spacial score (nSPS) is 28.5. The Morgan fingerprint density at radius 1 is 1.25 bits per heavy atom. The molecule has 1 amide bonds. The molecule has 3 aliphatic heterocycles. The molecule has 0 spiro atoms. The second-order valence-corrected chi connectivity index (χ2v) is 8.13. The highest BCUT2D eigenvalue weighted by atomic mass is 16.7. The Balaban J connectivity index is 1.60. The van der Waals surface area contributed by atoms with Crippen LogP contribution >= 0.6 is 0 Å². The van der Waals surface area contributed by atoms with Crippen LogP contribution in [-0.2, 0) is 14.2 Å². The highest BCUT2D eigenvalue weighted by Gasteiger charge is 2.39. The Morgan fingerprint density at radius 2 is 2.00 bits per heavy atom. The van der Waals surface area contributed by atoms with Crippen molar-refractivity contribution in [2.24, 2.45) is 0 Å². The number of hydrogen-bond acceptors (Lipinski definition) is 4. The molecule has 3 aliphatic rings. The second-order valence-electron chi connectivity index (χ2n) is 8.13. The number of ether oxygens (including phenoxy) is 3. The molecule has 0 N–H and O–H groups in total. The van der Waals surface area contributed by atoms with Crippen LogP contribution in [0.25, 0.3) is 0 Å². The van der Waals surface area contributed by atoms with Crippen molar-refractivity contribution in [1.82, 2.24) is 4.90 Å². The molecule has 5 nitrogen and oxygen atoms in total. The van der Waals surface area contributed by atoms with Gasteiger partial charge in [0.05, 0.1) is 19.3 Å². The second kappa shape index (κ2) is 7.44. The van der Waals surface area contributed by atoms with E-state index < -0.39 is 5.60 Å². The zero-order chi connectivity index (χ0) is 17.2. The van der Waals surface area contributed by atoms with E-state index in [9.17, 15) is 4.79 Å². The number of nitrogens with zero attached hydrogens (tertiary/aromatic N) is 1. The summed E-state index contributed by atoms with van der Waals surface area (Å²) in [7, 11) is 0. The van der Waals surface area contributed by atoms with Gasteiger partial charge in [-0.1, -0.05) is 11.6 Å². The molecule has 2 atom stereocenters. The third-order valence-corrected chi connectivity index (χ3v) is 4.92. The summed E-state index contributed by atoms with van der Waals surface area (Å²) >= 11 is 0. The van der Waals surface area contributed by atoms with Gasteiger partial charge in [-0.25, -0.2) is 4.79 Å². The smallest absolute Gasteiger partial charge is 0.411 e. The van der Waals surface area contributed by atoms with Crippen molar-refractivity contribution in [3.05, 3.63) is 11.6 Å². The molecule has 0 aliphatic carbocycles. The predicted molar refractivity (Wildman–Crippen MR) is 91.7 cm³/mol. The minimum absolute atomic E-state index is 0.0524. The fraction of sp³-hybridized carbons (Fsp3) is 0.842. The Labute approximate surface area is 145 Å². The van der Waals surface area contributed by atoms with Gasteiger partial charge in [-0.3, -0.25) is 4.90 Å². The van der Waals surface area contributed by atoms with E-state index in [4.69, 9.17) is 14.2 Å². The summed E-state index contributed by atoms with van der Waals surface area (Å²) in [6, 6.07) is 0.474. The maximum Gasteiger partial charge on any atom is 0.411 e. The van der Waals surface area contributed by atoms with E-state index in [1.165, 1.54) is 12.0 Å². The molecule has 2 saturated heterocycles. The van der Waals surface area contributed by atoms with Gasteiger partial charge in [0, 0.05) is 12.5 Å². The molecule has 136 valence electrons. The van der Waals surface area contributed by atoms with Gasteiger partial charge in [-0.15, -0.1) is 0 Å². The largest absolute Gasteiger partial charge is 0.444 e. The number of carbonyl (C=O) groups is 1. The van der Waals surface area contributed by atoms with Gasteiger partial charge in [0.1, 0.15) is 5.60 Å². The minimum Gasteiger partial charge on any atom is -0.444 e. The van der Waals surface area contributed by atoms with Crippen LogP contribution in [0.3, 0.4) is 0 Å². The average molecular weight is 337 g/mol. The summed E-state index contributed by atoms with van der Waals surface area (Å²) in [6.07, 6.45) is 9.25. The summed E-state index contributed by atoms with van der Waals surface area (Å²) in [5.41, 5.74) is 1.01. The standard InChI is InChI=1S/C19H31NO4/c1-19(2,3)24-18(21)20-15-6-4-7-16(20)13-14(12-15)8-9-17-22-10-5-11-23-17/h12,15-17H,4-11,13H2,1-3H3.